The smallest absolute Gasteiger partial charge is 0.261 e. The van der Waals surface area contributed by atoms with Crippen molar-refractivity contribution >= 4 is 10.3 Å². The van der Waals surface area contributed by atoms with E-state index in [4.69, 9.17) is 0 Å². The maximum Gasteiger partial charge on any atom is 0.333 e. The average molecular weight is 206 g/mol. The van der Waals surface area contributed by atoms with Crippen LogP contribution in [0.25, 0.3) is 0 Å². The Balaban J connectivity index is 2.65. The van der Waals surface area contributed by atoms with Gasteiger partial charge in [-0.2, -0.15) is 8.42 Å². The Morgan fingerprint density at radius 1 is 1.54 bits per heavy atom. The predicted molar refractivity (Wildman–Crippen MR) is 42.1 cm³/mol. The van der Waals surface area contributed by atoms with E-state index in [-0.39, 0.29) is 6.61 Å². The quantitative estimate of drug-likeness (QED) is 0.751. The summed E-state index contributed by atoms with van der Waals surface area (Å²) < 4.78 is 37.4. The molecular weight excluding hydrogens is 199 g/mol. The van der Waals surface area contributed by atoms with E-state index < -0.39 is 16.1 Å². The van der Waals surface area contributed by atoms with Crippen LogP contribution in [0.15, 0.2) is 18.5 Å². The molecule has 7 heteroatoms. The van der Waals surface area contributed by atoms with Crippen molar-refractivity contribution in [2.24, 2.45) is 5.14 Å². The molecule has 1 rings (SSSR count). The Morgan fingerprint density at radius 3 is 2.77 bits per heavy atom. The van der Waals surface area contributed by atoms with Gasteiger partial charge >= 0.3 is 10.3 Å². The Morgan fingerprint density at radius 2 is 2.23 bits per heavy atom. The molecule has 0 atom stereocenters. The third-order valence-corrected chi connectivity index (χ3v) is 1.60. The number of nitrogens with zero attached hydrogens (tertiary/aromatic N) is 1. The Bertz CT molecular complexity index is 393. The molecule has 0 aliphatic rings. The molecule has 0 amide bonds. The van der Waals surface area contributed by atoms with E-state index in [0.717, 1.165) is 12.3 Å². The van der Waals surface area contributed by atoms with Crippen LogP contribution in [0.5, 0.6) is 0 Å². The molecule has 72 valence electrons. The van der Waals surface area contributed by atoms with Gasteiger partial charge in [0.2, 0.25) is 0 Å². The van der Waals surface area contributed by atoms with Crippen LogP contribution in [-0.2, 0) is 21.1 Å². The zero-order valence-corrected chi connectivity index (χ0v) is 7.29. The van der Waals surface area contributed by atoms with Crippen LogP contribution in [0.3, 0.4) is 0 Å². The highest BCUT2D eigenvalue weighted by atomic mass is 32.2. The minimum atomic E-state index is -3.99. The maximum absolute atomic E-state index is 12.5. The van der Waals surface area contributed by atoms with Crippen LogP contribution < -0.4 is 5.14 Å². The van der Waals surface area contributed by atoms with Crippen LogP contribution >= 0.6 is 0 Å². The molecule has 0 bridgehead atoms. The highest BCUT2D eigenvalue weighted by Crippen LogP contribution is 2.03. The third kappa shape index (κ3) is 3.92. The molecule has 13 heavy (non-hydrogen) atoms. The van der Waals surface area contributed by atoms with Crippen molar-refractivity contribution in [2.45, 2.75) is 6.61 Å². The molecule has 1 aromatic heterocycles. The SMILES string of the molecule is NS(=O)(=O)OCc1cncc(F)c1. The summed E-state index contributed by atoms with van der Waals surface area (Å²) in [4.78, 5) is 3.49. The van der Waals surface area contributed by atoms with Gasteiger partial charge in [-0.05, 0) is 6.07 Å². The van der Waals surface area contributed by atoms with Crippen molar-refractivity contribution in [1.82, 2.24) is 4.98 Å². The molecule has 0 aliphatic carbocycles. The molecule has 0 spiro atoms. The lowest BCUT2D eigenvalue weighted by atomic mass is 10.3. The fourth-order valence-electron chi connectivity index (χ4n) is 0.685. The van der Waals surface area contributed by atoms with Crippen molar-refractivity contribution in [3.8, 4) is 0 Å². The summed E-state index contributed by atoms with van der Waals surface area (Å²) in [5.74, 6) is -0.560. The van der Waals surface area contributed by atoms with Crippen LogP contribution in [0, 0.1) is 5.82 Å². The van der Waals surface area contributed by atoms with E-state index in [1.54, 1.807) is 0 Å². The second-order valence-corrected chi connectivity index (χ2v) is 3.49. The molecule has 0 aromatic carbocycles. The van der Waals surface area contributed by atoms with Gasteiger partial charge in [-0.25, -0.2) is 9.53 Å². The lowest BCUT2D eigenvalue weighted by molar-refractivity contribution is 0.307. The molecule has 0 fully saturated rings. The summed E-state index contributed by atoms with van der Waals surface area (Å²) in [7, 11) is -3.99. The summed E-state index contributed by atoms with van der Waals surface area (Å²) in [5.41, 5.74) is 0.300. The van der Waals surface area contributed by atoms with Crippen molar-refractivity contribution in [3.63, 3.8) is 0 Å². The summed E-state index contributed by atoms with van der Waals surface area (Å²) >= 11 is 0. The van der Waals surface area contributed by atoms with Gasteiger partial charge in [0.25, 0.3) is 0 Å². The zero-order chi connectivity index (χ0) is 9.90. The standard InChI is InChI=1S/C6H7FN2O3S/c7-6-1-5(2-9-3-6)4-12-13(8,10)11/h1-3H,4H2,(H2,8,10,11). The van der Waals surface area contributed by atoms with Gasteiger partial charge in [0.1, 0.15) is 5.82 Å². The van der Waals surface area contributed by atoms with Gasteiger partial charge in [-0.1, -0.05) is 0 Å². The summed E-state index contributed by atoms with van der Waals surface area (Å²) in [6.45, 7) is -0.316. The first-order valence-corrected chi connectivity index (χ1v) is 4.71. The van der Waals surface area contributed by atoms with Crippen molar-refractivity contribution in [1.29, 1.82) is 0 Å². The van der Waals surface area contributed by atoms with E-state index in [2.05, 4.69) is 14.3 Å². The van der Waals surface area contributed by atoms with Gasteiger partial charge in [-0.15, -0.1) is 0 Å². The topological polar surface area (TPSA) is 82.3 Å². The van der Waals surface area contributed by atoms with Crippen molar-refractivity contribution in [3.05, 3.63) is 29.8 Å². The summed E-state index contributed by atoms with van der Waals surface area (Å²) in [6.07, 6.45) is 2.29. The average Bonchev–Trinajstić information content (AvgIpc) is 2.00. The van der Waals surface area contributed by atoms with Crippen LogP contribution in [0.2, 0.25) is 0 Å². The van der Waals surface area contributed by atoms with Gasteiger partial charge in [0.05, 0.1) is 12.8 Å². The fraction of sp³-hybridized carbons (Fsp3) is 0.167. The zero-order valence-electron chi connectivity index (χ0n) is 6.47. The molecule has 0 radical (unpaired) electrons. The Labute approximate surface area is 74.6 Å². The Kier molecular flexibility index (Phi) is 2.91. The van der Waals surface area contributed by atoms with Gasteiger partial charge in [-0.3, -0.25) is 9.17 Å². The number of aromatic nitrogens is 1. The van der Waals surface area contributed by atoms with E-state index in [9.17, 15) is 12.8 Å². The van der Waals surface area contributed by atoms with Gasteiger partial charge < -0.3 is 0 Å². The fourth-order valence-corrected chi connectivity index (χ4v) is 0.985. The first kappa shape index (κ1) is 10.0. The van der Waals surface area contributed by atoms with E-state index in [1.807, 2.05) is 0 Å². The second kappa shape index (κ2) is 3.77. The van der Waals surface area contributed by atoms with E-state index >= 15 is 0 Å². The number of halogens is 1. The maximum atomic E-state index is 12.5. The molecule has 1 aromatic rings. The molecule has 0 saturated heterocycles. The summed E-state index contributed by atoms with van der Waals surface area (Å²) in [5, 5.41) is 4.56. The van der Waals surface area contributed by atoms with Crippen LogP contribution in [-0.4, -0.2) is 13.4 Å². The first-order valence-electron chi connectivity index (χ1n) is 3.24. The molecule has 0 aliphatic heterocycles. The molecule has 0 unspecified atom stereocenters. The normalized spacial score (nSPS) is 11.5. The first-order chi connectivity index (χ1) is 5.97. The second-order valence-electron chi connectivity index (χ2n) is 2.27. The minimum Gasteiger partial charge on any atom is -0.261 e. The minimum absolute atomic E-state index is 0.300. The van der Waals surface area contributed by atoms with Crippen molar-refractivity contribution < 1.29 is 17.0 Å². The predicted octanol–water partition coefficient (Wildman–Crippen LogP) is -0.0592. The van der Waals surface area contributed by atoms with Crippen molar-refractivity contribution in [2.75, 3.05) is 0 Å². The number of rotatable bonds is 3. The van der Waals surface area contributed by atoms with E-state index in [0.29, 0.717) is 5.56 Å². The lowest BCUT2D eigenvalue weighted by Crippen LogP contribution is -2.15. The summed E-state index contributed by atoms with van der Waals surface area (Å²) in [6, 6.07) is 1.11. The highest BCUT2D eigenvalue weighted by molar-refractivity contribution is 7.84. The van der Waals surface area contributed by atoms with Crippen LogP contribution in [0.1, 0.15) is 5.56 Å². The lowest BCUT2D eigenvalue weighted by Gasteiger charge is -1.99. The van der Waals surface area contributed by atoms with Gasteiger partial charge in [0, 0.05) is 11.8 Å². The van der Waals surface area contributed by atoms with E-state index in [1.165, 1.54) is 6.20 Å². The molecular formula is C6H7FN2O3S. The molecule has 2 N–H and O–H groups in total. The number of pyridine rings is 1. The van der Waals surface area contributed by atoms with Gasteiger partial charge in [0.15, 0.2) is 0 Å². The molecule has 5 nitrogen and oxygen atoms in total. The Hall–Kier alpha value is -1.05. The number of hydrogen-bond acceptors (Lipinski definition) is 4. The molecule has 0 saturated carbocycles. The monoisotopic (exact) mass is 206 g/mol. The third-order valence-electron chi connectivity index (χ3n) is 1.15. The largest absolute Gasteiger partial charge is 0.333 e. The number of hydrogen-bond donors (Lipinski definition) is 1. The van der Waals surface area contributed by atoms with Crippen LogP contribution in [0.4, 0.5) is 4.39 Å². The highest BCUT2D eigenvalue weighted by Gasteiger charge is 2.03. The molecule has 1 heterocycles. The number of nitrogens with two attached hydrogens (primary N) is 1.